The minimum absolute atomic E-state index is 0.0116. The van der Waals surface area contributed by atoms with E-state index in [-0.39, 0.29) is 12.0 Å². The van der Waals surface area contributed by atoms with Crippen LogP contribution in [0.1, 0.15) is 58.1 Å². The summed E-state index contributed by atoms with van der Waals surface area (Å²) in [4.78, 5) is 6.80. The average Bonchev–Trinajstić information content (AvgIpc) is 2.80. The highest BCUT2D eigenvalue weighted by Crippen LogP contribution is 2.25. The van der Waals surface area contributed by atoms with Gasteiger partial charge in [-0.05, 0) is 25.8 Å². The number of aliphatic hydroxyl groups is 1. The number of hydrogen-bond acceptors (Lipinski definition) is 4. The van der Waals surface area contributed by atoms with Gasteiger partial charge in [-0.1, -0.05) is 27.2 Å². The summed E-state index contributed by atoms with van der Waals surface area (Å²) in [5, 5.41) is 9.15. The Hall–Kier alpha value is -0.870. The van der Waals surface area contributed by atoms with Crippen LogP contribution in [0.3, 0.4) is 0 Å². The number of oxazole rings is 1. The fourth-order valence-corrected chi connectivity index (χ4v) is 2.65. The Morgan fingerprint density at radius 1 is 1.42 bits per heavy atom. The van der Waals surface area contributed by atoms with Gasteiger partial charge in [-0.15, -0.1) is 0 Å². The molecule has 1 aliphatic rings. The van der Waals surface area contributed by atoms with Gasteiger partial charge in [0.1, 0.15) is 5.76 Å². The van der Waals surface area contributed by atoms with Crippen molar-refractivity contribution in [3.63, 3.8) is 0 Å². The molecule has 1 fully saturated rings. The van der Waals surface area contributed by atoms with Crippen LogP contribution in [0.25, 0.3) is 0 Å². The molecule has 4 nitrogen and oxygen atoms in total. The SMILES string of the molecule is CC(C)(C)c1cnc(CN2CCCCC2CCO)o1. The summed E-state index contributed by atoms with van der Waals surface area (Å²) in [7, 11) is 0. The first kappa shape index (κ1) is 14.5. The highest BCUT2D eigenvalue weighted by atomic mass is 16.4. The van der Waals surface area contributed by atoms with Crippen LogP contribution in [0.15, 0.2) is 10.6 Å². The molecule has 1 unspecified atom stereocenters. The summed E-state index contributed by atoms with van der Waals surface area (Å²) in [5.41, 5.74) is 0.0116. The Labute approximate surface area is 115 Å². The molecular weight excluding hydrogens is 240 g/mol. The van der Waals surface area contributed by atoms with Gasteiger partial charge in [-0.3, -0.25) is 4.90 Å². The van der Waals surface area contributed by atoms with Crippen LogP contribution in [-0.4, -0.2) is 34.2 Å². The van der Waals surface area contributed by atoms with E-state index in [1.54, 1.807) is 0 Å². The topological polar surface area (TPSA) is 49.5 Å². The van der Waals surface area contributed by atoms with Crippen molar-refractivity contribution < 1.29 is 9.52 Å². The van der Waals surface area contributed by atoms with Crippen molar-refractivity contribution in [2.24, 2.45) is 0 Å². The van der Waals surface area contributed by atoms with Crippen molar-refractivity contribution in [3.05, 3.63) is 17.8 Å². The van der Waals surface area contributed by atoms with Gasteiger partial charge in [0, 0.05) is 18.1 Å². The van der Waals surface area contributed by atoms with Crippen LogP contribution < -0.4 is 0 Å². The lowest BCUT2D eigenvalue weighted by Gasteiger charge is -2.34. The predicted molar refractivity (Wildman–Crippen MR) is 75.0 cm³/mol. The number of nitrogens with zero attached hydrogens (tertiary/aromatic N) is 2. The molecule has 0 radical (unpaired) electrons. The molecule has 0 aliphatic carbocycles. The maximum Gasteiger partial charge on any atom is 0.208 e. The van der Waals surface area contributed by atoms with E-state index in [2.05, 4.69) is 30.7 Å². The van der Waals surface area contributed by atoms with Gasteiger partial charge in [-0.2, -0.15) is 0 Å². The number of likely N-dealkylation sites (tertiary alicyclic amines) is 1. The molecule has 1 saturated heterocycles. The van der Waals surface area contributed by atoms with Gasteiger partial charge in [0.05, 0.1) is 12.7 Å². The number of piperidine rings is 1. The van der Waals surface area contributed by atoms with Gasteiger partial charge in [0.15, 0.2) is 0 Å². The van der Waals surface area contributed by atoms with Crippen molar-refractivity contribution in [1.29, 1.82) is 0 Å². The molecule has 0 aromatic carbocycles. The van der Waals surface area contributed by atoms with E-state index in [0.717, 1.165) is 31.2 Å². The van der Waals surface area contributed by atoms with E-state index in [1.165, 1.54) is 19.3 Å². The Morgan fingerprint density at radius 3 is 2.84 bits per heavy atom. The van der Waals surface area contributed by atoms with E-state index >= 15 is 0 Å². The molecule has 1 aromatic heterocycles. The van der Waals surface area contributed by atoms with Crippen molar-refractivity contribution in [3.8, 4) is 0 Å². The first-order valence-electron chi connectivity index (χ1n) is 7.31. The molecular formula is C15H26N2O2. The number of aromatic nitrogens is 1. The minimum atomic E-state index is 0.0116. The summed E-state index contributed by atoms with van der Waals surface area (Å²) in [5.74, 6) is 1.74. The Balaban J connectivity index is 2.00. The van der Waals surface area contributed by atoms with Gasteiger partial charge < -0.3 is 9.52 Å². The standard InChI is InChI=1S/C15H26N2O2/c1-15(2,3)13-10-16-14(19-13)11-17-8-5-4-6-12(17)7-9-18/h10,12,18H,4-9,11H2,1-3H3. The minimum Gasteiger partial charge on any atom is -0.444 e. The molecule has 0 spiro atoms. The van der Waals surface area contributed by atoms with E-state index in [9.17, 15) is 0 Å². The van der Waals surface area contributed by atoms with Crippen molar-refractivity contribution in [2.45, 2.75) is 64.5 Å². The van der Waals surface area contributed by atoms with E-state index in [4.69, 9.17) is 9.52 Å². The van der Waals surface area contributed by atoms with E-state index in [1.807, 2.05) is 6.20 Å². The monoisotopic (exact) mass is 266 g/mol. The summed E-state index contributed by atoms with van der Waals surface area (Å²) in [6.07, 6.45) is 6.37. The van der Waals surface area contributed by atoms with Crippen molar-refractivity contribution >= 4 is 0 Å². The van der Waals surface area contributed by atoms with Crippen LogP contribution in [0.4, 0.5) is 0 Å². The summed E-state index contributed by atoms with van der Waals surface area (Å²) >= 11 is 0. The lowest BCUT2D eigenvalue weighted by atomic mass is 9.94. The summed E-state index contributed by atoms with van der Waals surface area (Å²) in [6, 6.07) is 0.476. The normalized spacial score (nSPS) is 21.8. The third-order valence-corrected chi connectivity index (χ3v) is 3.84. The van der Waals surface area contributed by atoms with Gasteiger partial charge in [-0.25, -0.2) is 4.98 Å². The quantitative estimate of drug-likeness (QED) is 0.910. The summed E-state index contributed by atoms with van der Waals surface area (Å²) < 4.78 is 5.86. The zero-order valence-corrected chi connectivity index (χ0v) is 12.4. The van der Waals surface area contributed by atoms with E-state index < -0.39 is 0 Å². The van der Waals surface area contributed by atoms with Gasteiger partial charge >= 0.3 is 0 Å². The zero-order valence-electron chi connectivity index (χ0n) is 12.4. The molecule has 2 heterocycles. The molecule has 1 aliphatic heterocycles. The molecule has 1 N–H and O–H groups in total. The average molecular weight is 266 g/mol. The van der Waals surface area contributed by atoms with Gasteiger partial charge in [0.2, 0.25) is 5.89 Å². The third kappa shape index (κ3) is 3.80. The fourth-order valence-electron chi connectivity index (χ4n) is 2.65. The molecule has 2 rings (SSSR count). The second-order valence-electron chi connectivity index (χ2n) is 6.50. The number of hydrogen-bond donors (Lipinski definition) is 1. The Kier molecular flexibility index (Phi) is 4.63. The lowest BCUT2D eigenvalue weighted by molar-refractivity contribution is 0.102. The van der Waals surface area contributed by atoms with Crippen LogP contribution in [0.5, 0.6) is 0 Å². The largest absolute Gasteiger partial charge is 0.444 e. The molecule has 4 heteroatoms. The van der Waals surface area contributed by atoms with Crippen LogP contribution in [0, 0.1) is 0 Å². The van der Waals surface area contributed by atoms with Gasteiger partial charge in [0.25, 0.3) is 0 Å². The third-order valence-electron chi connectivity index (χ3n) is 3.84. The van der Waals surface area contributed by atoms with Crippen LogP contribution >= 0.6 is 0 Å². The number of aliphatic hydroxyl groups excluding tert-OH is 1. The molecule has 0 bridgehead atoms. The molecule has 19 heavy (non-hydrogen) atoms. The maximum absolute atomic E-state index is 9.15. The summed E-state index contributed by atoms with van der Waals surface area (Å²) in [6.45, 7) is 8.50. The van der Waals surface area contributed by atoms with Crippen molar-refractivity contribution in [1.82, 2.24) is 9.88 Å². The second kappa shape index (κ2) is 6.06. The molecule has 1 atom stereocenters. The molecule has 108 valence electrons. The fraction of sp³-hybridized carbons (Fsp3) is 0.800. The zero-order chi connectivity index (χ0) is 13.9. The molecule has 1 aromatic rings. The van der Waals surface area contributed by atoms with E-state index in [0.29, 0.717) is 6.04 Å². The first-order valence-corrected chi connectivity index (χ1v) is 7.31. The maximum atomic E-state index is 9.15. The highest BCUT2D eigenvalue weighted by Gasteiger charge is 2.25. The second-order valence-corrected chi connectivity index (χ2v) is 6.50. The van der Waals surface area contributed by atoms with Crippen molar-refractivity contribution in [2.75, 3.05) is 13.2 Å². The molecule has 0 saturated carbocycles. The smallest absolute Gasteiger partial charge is 0.208 e. The van der Waals surface area contributed by atoms with Crippen LogP contribution in [0.2, 0.25) is 0 Å². The lowest BCUT2D eigenvalue weighted by Crippen LogP contribution is -2.39. The van der Waals surface area contributed by atoms with Crippen LogP contribution in [-0.2, 0) is 12.0 Å². The predicted octanol–water partition coefficient (Wildman–Crippen LogP) is 2.71. The molecule has 0 amide bonds. The number of rotatable bonds is 4. The highest BCUT2D eigenvalue weighted by molar-refractivity contribution is 5.06. The first-order chi connectivity index (χ1) is 9.00. The Bertz CT molecular complexity index is 393. The Morgan fingerprint density at radius 2 is 2.21 bits per heavy atom.